The molecule has 2 nitrogen and oxygen atoms in total. The number of hydrogen-bond acceptors (Lipinski definition) is 1. The van der Waals surface area contributed by atoms with Gasteiger partial charge in [0.15, 0.2) is 0 Å². The van der Waals surface area contributed by atoms with Crippen molar-refractivity contribution >= 4 is 31.9 Å². The molecule has 1 heterocycles. The lowest BCUT2D eigenvalue weighted by Crippen LogP contribution is -2.08. The van der Waals surface area contributed by atoms with E-state index in [2.05, 4.69) is 36.8 Å². The molecule has 0 aromatic carbocycles. The number of hydrogen-bond donors (Lipinski definition) is 1. The van der Waals surface area contributed by atoms with E-state index in [-0.39, 0.29) is 14.6 Å². The van der Waals surface area contributed by atoms with Crippen LogP contribution in [0, 0.1) is 0 Å². The smallest absolute Gasteiger partial charge is 0.266 e. The van der Waals surface area contributed by atoms with Crippen LogP contribution in [0.3, 0.4) is 0 Å². The number of aromatic nitrogens is 1. The number of H-pyrrole nitrogens is 1. The van der Waals surface area contributed by atoms with E-state index in [0.717, 1.165) is 6.07 Å². The molecule has 0 saturated heterocycles. The number of rotatable bonds is 1. The SMILES string of the molecule is O=c1[nH]c(Br)c(C(F)F)cc1Br. The fourth-order valence-electron chi connectivity index (χ4n) is 0.656. The van der Waals surface area contributed by atoms with Crippen LogP contribution in [0.5, 0.6) is 0 Å². The molecular weight excluding hydrogens is 300 g/mol. The minimum absolute atomic E-state index is 0.0192. The van der Waals surface area contributed by atoms with Gasteiger partial charge in [0.2, 0.25) is 0 Å². The normalized spacial score (nSPS) is 10.8. The van der Waals surface area contributed by atoms with Gasteiger partial charge in [0, 0.05) is 5.56 Å². The Hall–Kier alpha value is -0.230. The monoisotopic (exact) mass is 301 g/mol. The number of nitrogens with one attached hydrogen (secondary N) is 1. The fourth-order valence-corrected chi connectivity index (χ4v) is 1.47. The molecule has 0 aliphatic rings. The summed E-state index contributed by atoms with van der Waals surface area (Å²) >= 11 is 5.68. The highest BCUT2D eigenvalue weighted by atomic mass is 79.9. The first-order chi connectivity index (χ1) is 5.52. The van der Waals surface area contributed by atoms with Gasteiger partial charge < -0.3 is 4.98 Å². The summed E-state index contributed by atoms with van der Waals surface area (Å²) in [4.78, 5) is 13.1. The summed E-state index contributed by atoms with van der Waals surface area (Å²) in [7, 11) is 0. The van der Waals surface area contributed by atoms with Crippen LogP contribution in [0.2, 0.25) is 0 Å². The molecule has 0 saturated carbocycles. The summed E-state index contributed by atoms with van der Waals surface area (Å²) in [5.74, 6) is 0. The van der Waals surface area contributed by atoms with Gasteiger partial charge in [0.05, 0.1) is 9.08 Å². The highest BCUT2D eigenvalue weighted by molar-refractivity contribution is 9.11. The Bertz CT molecular complexity index is 350. The van der Waals surface area contributed by atoms with Crippen LogP contribution in [0.4, 0.5) is 8.78 Å². The molecule has 1 aromatic heterocycles. The second-order valence-corrected chi connectivity index (χ2v) is 3.66. The topological polar surface area (TPSA) is 32.9 Å². The summed E-state index contributed by atoms with van der Waals surface area (Å²) in [6, 6.07) is 1.09. The number of aromatic amines is 1. The van der Waals surface area contributed by atoms with E-state index in [4.69, 9.17) is 0 Å². The maximum atomic E-state index is 12.2. The molecular formula is C6H3Br2F2NO. The van der Waals surface area contributed by atoms with Crippen LogP contribution in [-0.4, -0.2) is 4.98 Å². The van der Waals surface area contributed by atoms with Gasteiger partial charge in [0.25, 0.3) is 12.0 Å². The molecule has 1 aromatic rings. The Kier molecular flexibility index (Phi) is 3.00. The summed E-state index contributed by atoms with van der Waals surface area (Å²) in [6.07, 6.45) is -2.60. The predicted octanol–water partition coefficient (Wildman–Crippen LogP) is 2.84. The summed E-state index contributed by atoms with van der Waals surface area (Å²) in [5.41, 5.74) is -0.673. The number of pyridine rings is 1. The molecule has 0 atom stereocenters. The average Bonchev–Trinajstić information content (AvgIpc) is 1.96. The lowest BCUT2D eigenvalue weighted by Gasteiger charge is -2.02. The molecule has 12 heavy (non-hydrogen) atoms. The van der Waals surface area contributed by atoms with Gasteiger partial charge in [0.1, 0.15) is 0 Å². The summed E-state index contributed by atoms with van der Waals surface area (Å²) in [5, 5.41) is 0. The molecule has 1 rings (SSSR count). The van der Waals surface area contributed by atoms with Crippen molar-refractivity contribution in [2.75, 3.05) is 0 Å². The van der Waals surface area contributed by atoms with Gasteiger partial charge in [-0.25, -0.2) is 8.78 Å². The molecule has 0 amide bonds. The van der Waals surface area contributed by atoms with Gasteiger partial charge >= 0.3 is 0 Å². The Morgan fingerprint density at radius 2 is 2.00 bits per heavy atom. The average molecular weight is 303 g/mol. The van der Waals surface area contributed by atoms with Crippen molar-refractivity contribution in [3.8, 4) is 0 Å². The van der Waals surface area contributed by atoms with Crippen molar-refractivity contribution in [2.45, 2.75) is 6.43 Å². The van der Waals surface area contributed by atoms with E-state index in [9.17, 15) is 13.6 Å². The van der Waals surface area contributed by atoms with Gasteiger partial charge in [-0.3, -0.25) is 4.79 Å². The highest BCUT2D eigenvalue weighted by Crippen LogP contribution is 2.26. The molecule has 0 fully saturated rings. The lowest BCUT2D eigenvalue weighted by atomic mass is 10.3. The van der Waals surface area contributed by atoms with E-state index in [1.165, 1.54) is 0 Å². The summed E-state index contributed by atoms with van der Waals surface area (Å²) in [6.45, 7) is 0. The van der Waals surface area contributed by atoms with Crippen molar-refractivity contribution in [3.05, 3.63) is 31.1 Å². The minimum Gasteiger partial charge on any atom is -0.315 e. The maximum absolute atomic E-state index is 12.2. The van der Waals surface area contributed by atoms with Crippen LogP contribution in [0.1, 0.15) is 12.0 Å². The van der Waals surface area contributed by atoms with Crippen LogP contribution < -0.4 is 5.56 Å². The van der Waals surface area contributed by atoms with E-state index in [1.54, 1.807) is 0 Å². The van der Waals surface area contributed by atoms with E-state index >= 15 is 0 Å². The van der Waals surface area contributed by atoms with Crippen LogP contribution in [0.25, 0.3) is 0 Å². The Morgan fingerprint density at radius 1 is 1.42 bits per heavy atom. The third-order valence-corrected chi connectivity index (χ3v) is 2.46. The van der Waals surface area contributed by atoms with Crippen LogP contribution in [0.15, 0.2) is 19.9 Å². The van der Waals surface area contributed by atoms with Gasteiger partial charge in [-0.2, -0.15) is 0 Å². The van der Waals surface area contributed by atoms with E-state index < -0.39 is 12.0 Å². The first-order valence-electron chi connectivity index (χ1n) is 2.88. The largest absolute Gasteiger partial charge is 0.315 e. The number of halogens is 4. The minimum atomic E-state index is -2.60. The predicted molar refractivity (Wildman–Crippen MR) is 47.4 cm³/mol. The van der Waals surface area contributed by atoms with Gasteiger partial charge in [-0.1, -0.05) is 0 Å². The fraction of sp³-hybridized carbons (Fsp3) is 0.167. The van der Waals surface area contributed by atoms with Crippen molar-refractivity contribution in [1.82, 2.24) is 4.98 Å². The zero-order valence-corrected chi connectivity index (χ0v) is 8.75. The zero-order valence-electron chi connectivity index (χ0n) is 5.57. The molecule has 0 radical (unpaired) electrons. The third kappa shape index (κ3) is 1.92. The molecule has 0 aliphatic heterocycles. The van der Waals surface area contributed by atoms with E-state index in [1.807, 2.05) is 0 Å². The van der Waals surface area contributed by atoms with Gasteiger partial charge in [-0.05, 0) is 37.9 Å². The molecule has 0 aliphatic carbocycles. The highest BCUT2D eigenvalue weighted by Gasteiger charge is 2.13. The first-order valence-corrected chi connectivity index (χ1v) is 4.47. The Balaban J connectivity index is 3.33. The van der Waals surface area contributed by atoms with Gasteiger partial charge in [-0.15, -0.1) is 0 Å². The van der Waals surface area contributed by atoms with Crippen LogP contribution in [-0.2, 0) is 0 Å². The zero-order chi connectivity index (χ0) is 9.30. The molecule has 66 valence electrons. The maximum Gasteiger partial charge on any atom is 0.266 e. The van der Waals surface area contributed by atoms with Crippen molar-refractivity contribution in [2.24, 2.45) is 0 Å². The first kappa shape index (κ1) is 9.85. The van der Waals surface area contributed by atoms with Crippen molar-refractivity contribution < 1.29 is 8.78 Å². The second-order valence-electron chi connectivity index (χ2n) is 2.02. The molecule has 0 spiro atoms. The second kappa shape index (κ2) is 3.66. The Labute approximate surface area is 83.2 Å². The molecule has 6 heteroatoms. The lowest BCUT2D eigenvalue weighted by molar-refractivity contribution is 0.150. The molecule has 0 unspecified atom stereocenters. The van der Waals surface area contributed by atoms with Crippen LogP contribution >= 0.6 is 31.9 Å². The standard InChI is InChI=1S/C6H3Br2F2NO/c7-3-1-2(5(9)10)4(8)11-6(3)12/h1,5H,(H,11,12). The van der Waals surface area contributed by atoms with E-state index in [0.29, 0.717) is 0 Å². The molecule has 0 bridgehead atoms. The molecule has 1 N–H and O–H groups in total. The summed E-state index contributed by atoms with van der Waals surface area (Å²) < 4.78 is 24.5. The Morgan fingerprint density at radius 3 is 2.50 bits per heavy atom. The van der Waals surface area contributed by atoms with Crippen molar-refractivity contribution in [1.29, 1.82) is 0 Å². The number of alkyl halides is 2. The third-order valence-electron chi connectivity index (χ3n) is 1.21. The quantitative estimate of drug-likeness (QED) is 0.795. The van der Waals surface area contributed by atoms with Crippen molar-refractivity contribution in [3.63, 3.8) is 0 Å².